The summed E-state index contributed by atoms with van der Waals surface area (Å²) in [5.41, 5.74) is 17.5. The third-order valence-electron chi connectivity index (χ3n) is 0.438. The van der Waals surface area contributed by atoms with Crippen molar-refractivity contribution in [3.8, 4) is 0 Å². The molecule has 0 atom stereocenters. The molecule has 0 heteroatoms. The molecule has 0 unspecified atom stereocenters. The van der Waals surface area contributed by atoms with Crippen LogP contribution >= 0.6 is 0 Å². The molecule has 0 fully saturated rings. The average molecular weight is 84.1 g/mol. The third-order valence-corrected chi connectivity index (χ3v) is 0.438. The Labute approximate surface area is 41.1 Å². The Morgan fingerprint density at radius 1 is 0.286 bits per heavy atom. The molecule has 0 N–H and O–H groups in total. The van der Waals surface area contributed by atoms with Crippen molar-refractivity contribution in [2.45, 2.75) is 0 Å². The van der Waals surface area contributed by atoms with Gasteiger partial charge in [0.25, 0.3) is 0 Å². The van der Waals surface area contributed by atoms with E-state index in [1.165, 1.54) is 0 Å². The highest BCUT2D eigenvalue weighted by Crippen LogP contribution is 1.57. The van der Waals surface area contributed by atoms with Crippen LogP contribution in [0.5, 0.6) is 0 Å². The molecule has 0 aromatic carbocycles. The van der Waals surface area contributed by atoms with Crippen LogP contribution in [0.25, 0.3) is 0 Å². The lowest BCUT2D eigenvalue weighted by atomic mass is 10.7. The van der Waals surface area contributed by atoms with Crippen molar-refractivity contribution in [1.82, 2.24) is 0 Å². The van der Waals surface area contributed by atoms with Crippen LogP contribution in [0.3, 0.4) is 0 Å². The zero-order valence-corrected chi connectivity index (χ0v) is 3.50. The van der Waals surface area contributed by atoms with Crippen LogP contribution in [0.15, 0.2) is 40.1 Å². The first-order valence-corrected chi connectivity index (χ1v) is 1.75. The van der Waals surface area contributed by atoms with Gasteiger partial charge in [-0.1, -0.05) is 0 Å². The van der Waals surface area contributed by atoms with Crippen LogP contribution in [0.1, 0.15) is 0 Å². The van der Waals surface area contributed by atoms with Gasteiger partial charge in [0.1, 0.15) is 0 Å². The first-order valence-electron chi connectivity index (χ1n) is 1.75. The maximum absolute atomic E-state index is 2.50. The van der Waals surface area contributed by atoms with Crippen molar-refractivity contribution in [2.24, 2.45) is 0 Å². The maximum Gasteiger partial charge on any atom is 0 e. The van der Waals surface area contributed by atoms with Crippen molar-refractivity contribution < 1.29 is 0 Å². The van der Waals surface area contributed by atoms with Gasteiger partial charge in [0.15, 0.2) is 0 Å². The molecule has 0 bridgehead atoms. The topological polar surface area (TPSA) is 0 Å². The van der Waals surface area contributed by atoms with Crippen LogP contribution < -0.4 is 0 Å². The molecule has 28 valence electrons. The van der Waals surface area contributed by atoms with Gasteiger partial charge in [-0.25, -0.2) is 0 Å². The Morgan fingerprint density at radius 3 is 0.571 bits per heavy atom. The largest absolute Gasteiger partial charge is 0 e. The second-order valence-corrected chi connectivity index (χ2v) is 0.875. The van der Waals surface area contributed by atoms with Crippen molar-refractivity contribution in [3.05, 3.63) is 40.1 Å². The molecule has 0 aromatic heterocycles. The molecule has 0 radical (unpaired) electrons. The molecular formula is C7. The molecule has 1 aliphatic carbocycles. The van der Waals surface area contributed by atoms with E-state index in [0.717, 1.165) is 0 Å². The van der Waals surface area contributed by atoms with Crippen LogP contribution in [0.2, 0.25) is 0 Å². The van der Waals surface area contributed by atoms with Gasteiger partial charge in [0, 0.05) is 40.1 Å². The second-order valence-electron chi connectivity index (χ2n) is 0.875. The lowest BCUT2D eigenvalue weighted by molar-refractivity contribution is 2.24. The fourth-order valence-electron chi connectivity index (χ4n) is 0.219. The van der Waals surface area contributed by atoms with E-state index < -0.39 is 0 Å². The monoisotopic (exact) mass is 84.0 g/mol. The molecule has 0 amide bonds. The van der Waals surface area contributed by atoms with Gasteiger partial charge in [0.05, 0.1) is 0 Å². The normalized spacial score (nSPS) is 8.00. The molecular weight excluding hydrogens is 84.1 g/mol. The van der Waals surface area contributed by atoms with Crippen molar-refractivity contribution in [2.75, 3.05) is 0 Å². The van der Waals surface area contributed by atoms with Gasteiger partial charge < -0.3 is 0 Å². The minimum absolute atomic E-state index is 2.50. The van der Waals surface area contributed by atoms with E-state index in [1.54, 1.807) is 0 Å². The van der Waals surface area contributed by atoms with Crippen LogP contribution in [-0.4, -0.2) is 0 Å². The summed E-state index contributed by atoms with van der Waals surface area (Å²) >= 11 is 0. The number of hydrogen-bond acceptors (Lipinski definition) is 0. The lowest BCUT2D eigenvalue weighted by Gasteiger charge is -1.27. The maximum atomic E-state index is 2.50. The van der Waals surface area contributed by atoms with Crippen LogP contribution in [-0.2, 0) is 0 Å². The Bertz CT molecular complexity index is 205. The minimum Gasteiger partial charge on any atom is 0 e. The summed E-state index contributed by atoms with van der Waals surface area (Å²) < 4.78 is 0. The van der Waals surface area contributed by atoms with Gasteiger partial charge in [-0.05, 0) is 0 Å². The van der Waals surface area contributed by atoms with Crippen molar-refractivity contribution in [1.29, 1.82) is 0 Å². The molecule has 0 aliphatic heterocycles. The zero-order chi connectivity index (χ0) is 4.95. The van der Waals surface area contributed by atoms with Gasteiger partial charge in [0.2, 0.25) is 0 Å². The number of rotatable bonds is 0. The lowest BCUT2D eigenvalue weighted by Crippen LogP contribution is -1.12. The molecule has 0 saturated carbocycles. The highest BCUT2D eigenvalue weighted by atomic mass is 13.4. The molecule has 0 spiro atoms. The van der Waals surface area contributed by atoms with E-state index in [4.69, 9.17) is 0 Å². The van der Waals surface area contributed by atoms with Gasteiger partial charge >= 0.3 is 0 Å². The number of hydrogen-bond donors (Lipinski definition) is 0. The zero-order valence-electron chi connectivity index (χ0n) is 3.50. The fourth-order valence-corrected chi connectivity index (χ4v) is 0.219. The van der Waals surface area contributed by atoms with Gasteiger partial charge in [-0.3, -0.25) is 0 Å². The predicted molar refractivity (Wildman–Crippen MR) is 24.6 cm³/mol. The van der Waals surface area contributed by atoms with E-state index in [1.807, 2.05) is 0 Å². The van der Waals surface area contributed by atoms with Crippen LogP contribution in [0.4, 0.5) is 0 Å². The molecule has 1 aliphatic rings. The fraction of sp³-hybridized carbons (Fsp3) is 0. The first kappa shape index (κ1) is 3.64. The van der Waals surface area contributed by atoms with Crippen LogP contribution in [0, 0.1) is 0 Å². The van der Waals surface area contributed by atoms with E-state index in [9.17, 15) is 0 Å². The molecule has 7 heavy (non-hydrogen) atoms. The summed E-state index contributed by atoms with van der Waals surface area (Å²) in [5.74, 6) is 0. The van der Waals surface area contributed by atoms with E-state index in [-0.39, 0.29) is 0 Å². The average Bonchev–Trinajstić information content (AvgIpc) is 1.90. The summed E-state index contributed by atoms with van der Waals surface area (Å²) in [4.78, 5) is 0. The highest BCUT2D eigenvalue weighted by molar-refractivity contribution is 4.93. The quantitative estimate of drug-likeness (QED) is 0.413. The third kappa shape index (κ3) is 0.905. The summed E-state index contributed by atoms with van der Waals surface area (Å²) in [5, 5.41) is 0. The molecule has 0 aromatic rings. The Kier molecular flexibility index (Phi) is 0.932. The van der Waals surface area contributed by atoms with E-state index in [0.29, 0.717) is 0 Å². The Hall–Kier alpha value is -1.54. The molecule has 1 rings (SSSR count). The van der Waals surface area contributed by atoms with Gasteiger partial charge in [-0.2, -0.15) is 0 Å². The van der Waals surface area contributed by atoms with E-state index in [2.05, 4.69) is 40.1 Å². The van der Waals surface area contributed by atoms with Crippen molar-refractivity contribution >= 4 is 0 Å². The van der Waals surface area contributed by atoms with Crippen molar-refractivity contribution in [3.63, 3.8) is 0 Å². The summed E-state index contributed by atoms with van der Waals surface area (Å²) in [6, 6.07) is 0. The molecule has 0 saturated heterocycles. The summed E-state index contributed by atoms with van der Waals surface area (Å²) in [6.45, 7) is 0. The standard InChI is InChI=1S/C7/c1-2-4-6-7-5-3-1. The van der Waals surface area contributed by atoms with Gasteiger partial charge in [-0.15, -0.1) is 0 Å². The van der Waals surface area contributed by atoms with E-state index >= 15 is 0 Å². The predicted octanol–water partition coefficient (Wildman–Crippen LogP) is 1.09. The molecule has 0 heterocycles. The Morgan fingerprint density at radius 2 is 0.429 bits per heavy atom. The highest BCUT2D eigenvalue weighted by Gasteiger charge is 1.42. The second kappa shape index (κ2) is 1.79. The summed E-state index contributed by atoms with van der Waals surface area (Å²) in [6.07, 6.45) is 0. The Balaban J connectivity index is 4.08. The summed E-state index contributed by atoms with van der Waals surface area (Å²) in [7, 11) is 0. The smallest absolute Gasteiger partial charge is 0 e. The molecule has 0 nitrogen and oxygen atoms in total. The SMILES string of the molecule is C1=C=C=C=C=C=C=1. The minimum atomic E-state index is 2.50. The first-order chi connectivity index (χ1) is 3.50.